The molecule has 3 aromatic rings. The topological polar surface area (TPSA) is 16.4 Å². The van der Waals surface area contributed by atoms with Crippen LogP contribution in [0, 0.1) is 0 Å². The molecular weight excluding hydrogens is 373 g/mol. The van der Waals surface area contributed by atoms with Crippen molar-refractivity contribution in [2.24, 2.45) is 0 Å². The Bertz CT molecular complexity index is 950. The van der Waals surface area contributed by atoms with E-state index in [1.807, 2.05) is 18.2 Å². The van der Waals surface area contributed by atoms with Crippen molar-refractivity contribution in [2.45, 2.75) is 13.0 Å². The van der Waals surface area contributed by atoms with Gasteiger partial charge in [0, 0.05) is 18.7 Å². The van der Waals surface area contributed by atoms with Gasteiger partial charge < -0.3 is 9.32 Å². The van der Waals surface area contributed by atoms with Crippen molar-refractivity contribution in [1.82, 2.24) is 4.90 Å². The molecule has 2 heterocycles. The molecule has 2 aromatic carbocycles. The van der Waals surface area contributed by atoms with Crippen LogP contribution in [0.1, 0.15) is 16.9 Å². The van der Waals surface area contributed by atoms with E-state index in [-0.39, 0.29) is 0 Å². The van der Waals surface area contributed by atoms with Gasteiger partial charge in [-0.1, -0.05) is 59.7 Å². The zero-order valence-corrected chi connectivity index (χ0v) is 15.7. The first kappa shape index (κ1) is 16.6. The smallest absolute Gasteiger partial charge is 0.162 e. The highest BCUT2D eigenvalue weighted by Crippen LogP contribution is 2.30. The van der Waals surface area contributed by atoms with Gasteiger partial charge in [-0.3, -0.25) is 0 Å². The van der Waals surface area contributed by atoms with Crippen LogP contribution in [-0.4, -0.2) is 16.4 Å². The average Bonchev–Trinajstić information content (AvgIpc) is 3.13. The Labute approximate surface area is 162 Å². The first-order valence-corrected chi connectivity index (χ1v) is 9.19. The van der Waals surface area contributed by atoms with E-state index in [9.17, 15) is 0 Å². The van der Waals surface area contributed by atoms with Gasteiger partial charge in [0.25, 0.3) is 0 Å². The predicted octanol–water partition coefficient (Wildman–Crippen LogP) is 5.99. The van der Waals surface area contributed by atoms with Crippen molar-refractivity contribution in [3.05, 3.63) is 81.5 Å². The summed E-state index contributed by atoms with van der Waals surface area (Å²) in [5.41, 5.74) is 3.61. The lowest BCUT2D eigenvalue weighted by atomic mass is 10.00. The molecule has 1 aliphatic heterocycles. The summed E-state index contributed by atoms with van der Waals surface area (Å²) in [7, 11) is 0. The number of benzene rings is 2. The highest BCUT2D eigenvalue weighted by Gasteiger charge is 2.21. The molecule has 0 unspecified atom stereocenters. The second kappa shape index (κ2) is 6.83. The molecule has 0 radical (unpaired) electrons. The Morgan fingerprint density at radius 2 is 1.76 bits per heavy atom. The largest absolute Gasteiger partial charge is 0.454 e. The van der Waals surface area contributed by atoms with Gasteiger partial charge in [0.15, 0.2) is 5.76 Å². The van der Waals surface area contributed by atoms with Gasteiger partial charge in [-0.05, 0) is 47.9 Å². The van der Waals surface area contributed by atoms with Crippen molar-refractivity contribution in [1.29, 1.82) is 0 Å². The first-order chi connectivity index (χ1) is 12.1. The maximum atomic E-state index is 6.10. The van der Waals surface area contributed by atoms with Crippen LogP contribution in [0.5, 0.6) is 0 Å². The molecule has 0 fully saturated rings. The minimum absolute atomic E-state index is 0.507. The molecule has 0 amide bonds. The molecule has 1 aromatic heterocycles. The lowest BCUT2D eigenvalue weighted by molar-refractivity contribution is 0.392. The molecule has 0 aliphatic carbocycles. The van der Waals surface area contributed by atoms with Crippen LogP contribution in [0.4, 0.5) is 0 Å². The third kappa shape index (κ3) is 3.32. The standard InChI is InChI=1S/C20H15Cl2NOS/c21-16-6-5-14(11-17(16)22)18-7-8-19(24-18)20(25)23-10-9-13-3-1-2-4-15(13)12-23/h1-8,11H,9-10,12H2. The third-order valence-electron chi connectivity index (χ3n) is 4.44. The quantitative estimate of drug-likeness (QED) is 0.502. The van der Waals surface area contributed by atoms with Crippen molar-refractivity contribution in [3.63, 3.8) is 0 Å². The molecule has 2 nitrogen and oxygen atoms in total. The summed E-state index contributed by atoms with van der Waals surface area (Å²) >= 11 is 17.7. The van der Waals surface area contributed by atoms with Crippen molar-refractivity contribution >= 4 is 40.4 Å². The Hall–Kier alpha value is -1.81. The van der Waals surface area contributed by atoms with Crippen LogP contribution in [0.15, 0.2) is 59.0 Å². The predicted molar refractivity (Wildman–Crippen MR) is 106 cm³/mol. The number of furan rings is 1. The second-order valence-electron chi connectivity index (χ2n) is 6.04. The molecule has 0 N–H and O–H groups in total. The first-order valence-electron chi connectivity index (χ1n) is 8.03. The van der Waals surface area contributed by atoms with Crippen LogP contribution < -0.4 is 0 Å². The van der Waals surface area contributed by atoms with Gasteiger partial charge in [-0.15, -0.1) is 0 Å². The van der Waals surface area contributed by atoms with Gasteiger partial charge in [-0.2, -0.15) is 0 Å². The molecule has 1 aliphatic rings. The van der Waals surface area contributed by atoms with Crippen LogP contribution in [0.2, 0.25) is 10.0 Å². The van der Waals surface area contributed by atoms with Crippen molar-refractivity contribution in [2.75, 3.05) is 6.54 Å². The molecule has 0 spiro atoms. The summed E-state index contributed by atoms with van der Waals surface area (Å²) in [5.74, 6) is 1.43. The minimum Gasteiger partial charge on any atom is -0.454 e. The Balaban J connectivity index is 1.56. The molecular formula is C20H15Cl2NOS. The summed E-state index contributed by atoms with van der Waals surface area (Å²) in [6.45, 7) is 1.72. The fraction of sp³-hybridized carbons (Fsp3) is 0.150. The number of thiocarbonyl (C=S) groups is 1. The van der Waals surface area contributed by atoms with E-state index in [0.717, 1.165) is 35.8 Å². The van der Waals surface area contributed by atoms with E-state index in [2.05, 4.69) is 29.2 Å². The molecule has 5 heteroatoms. The SMILES string of the molecule is S=C(c1ccc(-c2ccc(Cl)c(Cl)c2)o1)N1CCc2ccccc2C1. The lowest BCUT2D eigenvalue weighted by Crippen LogP contribution is -2.35. The Morgan fingerprint density at radius 1 is 0.960 bits per heavy atom. The zero-order chi connectivity index (χ0) is 17.4. The number of rotatable bonds is 2. The average molecular weight is 388 g/mol. The zero-order valence-electron chi connectivity index (χ0n) is 13.3. The number of hydrogen-bond donors (Lipinski definition) is 0. The van der Waals surface area contributed by atoms with Crippen LogP contribution >= 0.6 is 35.4 Å². The molecule has 4 rings (SSSR count). The van der Waals surface area contributed by atoms with Gasteiger partial charge in [0.05, 0.1) is 10.0 Å². The van der Waals surface area contributed by atoms with E-state index >= 15 is 0 Å². The van der Waals surface area contributed by atoms with E-state index < -0.39 is 0 Å². The second-order valence-corrected chi connectivity index (χ2v) is 7.24. The monoisotopic (exact) mass is 387 g/mol. The van der Waals surface area contributed by atoms with Gasteiger partial charge in [0.1, 0.15) is 10.7 Å². The maximum absolute atomic E-state index is 6.10. The summed E-state index contributed by atoms with van der Waals surface area (Å²) in [4.78, 5) is 2.93. The Kier molecular flexibility index (Phi) is 4.55. The summed E-state index contributed by atoms with van der Waals surface area (Å²) in [6, 6.07) is 17.8. The van der Waals surface area contributed by atoms with Gasteiger partial charge >= 0.3 is 0 Å². The fourth-order valence-corrected chi connectivity index (χ4v) is 3.65. The maximum Gasteiger partial charge on any atom is 0.162 e. The summed E-state index contributed by atoms with van der Waals surface area (Å²) < 4.78 is 5.98. The lowest BCUT2D eigenvalue weighted by Gasteiger charge is -2.30. The van der Waals surface area contributed by atoms with Gasteiger partial charge in [-0.25, -0.2) is 0 Å². The fourth-order valence-electron chi connectivity index (χ4n) is 3.08. The highest BCUT2D eigenvalue weighted by molar-refractivity contribution is 7.80. The molecule has 0 saturated heterocycles. The number of halogens is 2. The Morgan fingerprint density at radius 3 is 2.56 bits per heavy atom. The molecule has 126 valence electrons. The summed E-state index contributed by atoms with van der Waals surface area (Å²) in [6.07, 6.45) is 0.997. The van der Waals surface area contributed by atoms with Crippen molar-refractivity contribution in [3.8, 4) is 11.3 Å². The third-order valence-corrected chi connectivity index (χ3v) is 5.64. The molecule has 0 bridgehead atoms. The van der Waals surface area contributed by atoms with E-state index in [1.165, 1.54) is 11.1 Å². The number of fused-ring (bicyclic) bond motifs is 1. The van der Waals surface area contributed by atoms with E-state index in [1.54, 1.807) is 12.1 Å². The highest BCUT2D eigenvalue weighted by atomic mass is 35.5. The summed E-state index contributed by atoms with van der Waals surface area (Å²) in [5, 5.41) is 1.03. The minimum atomic E-state index is 0.507. The number of hydrogen-bond acceptors (Lipinski definition) is 2. The normalized spacial score (nSPS) is 13.6. The van der Waals surface area contributed by atoms with E-state index in [0.29, 0.717) is 15.8 Å². The molecule has 0 saturated carbocycles. The van der Waals surface area contributed by atoms with Gasteiger partial charge in [0.2, 0.25) is 0 Å². The van der Waals surface area contributed by atoms with Crippen molar-refractivity contribution < 1.29 is 4.42 Å². The van der Waals surface area contributed by atoms with E-state index in [4.69, 9.17) is 39.8 Å². The van der Waals surface area contributed by atoms with Crippen LogP contribution in [0.3, 0.4) is 0 Å². The molecule has 25 heavy (non-hydrogen) atoms. The molecule has 0 atom stereocenters. The van der Waals surface area contributed by atoms with Crippen LogP contribution in [0.25, 0.3) is 11.3 Å². The number of nitrogens with zero attached hydrogens (tertiary/aromatic N) is 1. The van der Waals surface area contributed by atoms with Crippen LogP contribution in [-0.2, 0) is 13.0 Å².